The van der Waals surface area contributed by atoms with Crippen molar-refractivity contribution in [1.29, 1.82) is 0 Å². The molecule has 3 aromatic heterocycles. The van der Waals surface area contributed by atoms with Crippen LogP contribution in [0.15, 0.2) is 18.2 Å². The van der Waals surface area contributed by atoms with E-state index in [-0.39, 0.29) is 5.28 Å². The summed E-state index contributed by atoms with van der Waals surface area (Å²) in [7, 11) is 0. The van der Waals surface area contributed by atoms with Gasteiger partial charge in [-0.2, -0.15) is 15.1 Å². The van der Waals surface area contributed by atoms with Crippen molar-refractivity contribution in [2.24, 2.45) is 0 Å². The number of aromatic amines is 1. The lowest BCUT2D eigenvalue weighted by atomic mass is 10.5. The number of aromatic nitrogens is 5. The molecule has 3 rings (SSSR count). The average Bonchev–Trinajstić information content (AvgIpc) is 2.86. The monoisotopic (exact) mass is 282 g/mol. The highest BCUT2D eigenvalue weighted by molar-refractivity contribution is 6.30. The lowest BCUT2D eigenvalue weighted by Gasteiger charge is -2.06. The molecule has 0 aliphatic heterocycles. The molecule has 0 unspecified atom stereocenters. The zero-order chi connectivity index (χ0) is 12.7. The van der Waals surface area contributed by atoms with E-state index in [0.29, 0.717) is 22.6 Å². The molecule has 0 atom stereocenters. The molecule has 8 heteroatoms. The van der Waals surface area contributed by atoms with Crippen LogP contribution in [0, 0.1) is 6.92 Å². The van der Waals surface area contributed by atoms with Crippen molar-refractivity contribution in [3.05, 3.63) is 34.3 Å². The molecule has 0 fully saturated rings. The zero-order valence-corrected chi connectivity index (χ0v) is 10.8. The van der Waals surface area contributed by atoms with Gasteiger partial charge in [-0.25, -0.2) is 0 Å². The number of hydrogen-bond acceptors (Lipinski definition) is 4. The molecule has 0 aromatic carbocycles. The van der Waals surface area contributed by atoms with Gasteiger partial charge in [-0.1, -0.05) is 11.6 Å². The highest BCUT2D eigenvalue weighted by Gasteiger charge is 2.10. The van der Waals surface area contributed by atoms with E-state index < -0.39 is 0 Å². The fourth-order valence-electron chi connectivity index (χ4n) is 1.64. The molecule has 3 aromatic rings. The highest BCUT2D eigenvalue weighted by atomic mass is 35.5. The standard InChI is InChI=1S/C10H8Cl2N6/c1-5-4-7(17-16-5)13-10-15-9(12)14-8-3-2-6(11)18(8)10/h2-4H,1H3,(H2,13,14,15,16,17). The van der Waals surface area contributed by atoms with Crippen LogP contribution in [0.2, 0.25) is 10.4 Å². The van der Waals surface area contributed by atoms with Crippen molar-refractivity contribution in [3.8, 4) is 0 Å². The summed E-state index contributed by atoms with van der Waals surface area (Å²) in [6, 6.07) is 5.33. The number of rotatable bonds is 2. The molecule has 0 radical (unpaired) electrons. The number of halogens is 2. The number of H-pyrrole nitrogens is 1. The van der Waals surface area contributed by atoms with E-state index in [9.17, 15) is 0 Å². The van der Waals surface area contributed by atoms with Gasteiger partial charge in [0.2, 0.25) is 11.2 Å². The van der Waals surface area contributed by atoms with Crippen molar-refractivity contribution in [1.82, 2.24) is 24.6 Å². The van der Waals surface area contributed by atoms with Gasteiger partial charge in [-0.05, 0) is 30.7 Å². The van der Waals surface area contributed by atoms with Gasteiger partial charge in [0.05, 0.1) is 0 Å². The van der Waals surface area contributed by atoms with E-state index in [1.165, 1.54) is 0 Å². The van der Waals surface area contributed by atoms with Crippen LogP contribution in [0.1, 0.15) is 5.69 Å². The van der Waals surface area contributed by atoms with E-state index in [0.717, 1.165) is 5.69 Å². The van der Waals surface area contributed by atoms with E-state index in [4.69, 9.17) is 23.2 Å². The molecule has 3 heterocycles. The predicted octanol–water partition coefficient (Wildman–Crippen LogP) is 2.81. The summed E-state index contributed by atoms with van der Waals surface area (Å²) < 4.78 is 1.65. The first-order chi connectivity index (χ1) is 8.63. The molecule has 0 spiro atoms. The number of fused-ring (bicyclic) bond motifs is 1. The second kappa shape index (κ2) is 4.15. The first kappa shape index (κ1) is 11.3. The summed E-state index contributed by atoms with van der Waals surface area (Å²) in [5.74, 6) is 1.10. The van der Waals surface area contributed by atoms with Gasteiger partial charge in [0, 0.05) is 11.8 Å². The number of hydrogen-bond donors (Lipinski definition) is 2. The van der Waals surface area contributed by atoms with Gasteiger partial charge in [0.15, 0.2) is 5.82 Å². The molecule has 2 N–H and O–H groups in total. The maximum Gasteiger partial charge on any atom is 0.227 e. The molecule has 0 saturated heterocycles. The van der Waals surface area contributed by atoms with Crippen LogP contribution in [0.5, 0.6) is 0 Å². The minimum Gasteiger partial charge on any atom is -0.308 e. The van der Waals surface area contributed by atoms with Gasteiger partial charge in [-0.3, -0.25) is 9.50 Å². The second-order valence-corrected chi connectivity index (χ2v) is 4.45. The smallest absolute Gasteiger partial charge is 0.227 e. The zero-order valence-electron chi connectivity index (χ0n) is 9.28. The van der Waals surface area contributed by atoms with Crippen LogP contribution in [0.25, 0.3) is 5.65 Å². The summed E-state index contributed by atoms with van der Waals surface area (Å²) in [6.45, 7) is 1.91. The second-order valence-electron chi connectivity index (χ2n) is 3.73. The third-order valence-corrected chi connectivity index (χ3v) is 2.84. The Bertz CT molecular complexity index is 716. The average molecular weight is 283 g/mol. The molecule has 18 heavy (non-hydrogen) atoms. The topological polar surface area (TPSA) is 70.9 Å². The van der Waals surface area contributed by atoms with Crippen molar-refractivity contribution in [2.75, 3.05) is 5.32 Å². The summed E-state index contributed by atoms with van der Waals surface area (Å²) in [4.78, 5) is 8.18. The Kier molecular flexibility index (Phi) is 2.61. The van der Waals surface area contributed by atoms with E-state index >= 15 is 0 Å². The van der Waals surface area contributed by atoms with Crippen LogP contribution in [-0.2, 0) is 0 Å². The largest absolute Gasteiger partial charge is 0.308 e. The fourth-order valence-corrected chi connectivity index (χ4v) is 2.03. The molecule has 0 aliphatic carbocycles. The maximum absolute atomic E-state index is 6.07. The summed E-state index contributed by atoms with van der Waals surface area (Å²) in [5.41, 5.74) is 1.56. The molecular weight excluding hydrogens is 275 g/mol. The third kappa shape index (κ3) is 1.89. The highest BCUT2D eigenvalue weighted by Crippen LogP contribution is 2.22. The molecule has 0 amide bonds. The van der Waals surface area contributed by atoms with E-state index in [2.05, 4.69) is 25.5 Å². The van der Waals surface area contributed by atoms with Gasteiger partial charge in [0.1, 0.15) is 10.8 Å². The fraction of sp³-hybridized carbons (Fsp3) is 0.100. The maximum atomic E-state index is 6.07. The molecule has 6 nitrogen and oxygen atoms in total. The van der Waals surface area contributed by atoms with Gasteiger partial charge >= 0.3 is 0 Å². The third-order valence-electron chi connectivity index (χ3n) is 2.38. The van der Waals surface area contributed by atoms with Crippen LogP contribution in [0.4, 0.5) is 11.8 Å². The molecule has 0 bridgehead atoms. The lowest BCUT2D eigenvalue weighted by molar-refractivity contribution is 1.01. The van der Waals surface area contributed by atoms with Gasteiger partial charge < -0.3 is 5.32 Å². The molecular formula is C10H8Cl2N6. The SMILES string of the molecule is Cc1cc(Nc2nc(Cl)nc3ccc(Cl)n23)n[nH]1. The minimum atomic E-state index is 0.145. The van der Waals surface area contributed by atoms with Gasteiger partial charge in [-0.15, -0.1) is 0 Å². The Morgan fingerprint density at radius 3 is 2.83 bits per heavy atom. The Morgan fingerprint density at radius 1 is 1.28 bits per heavy atom. The Morgan fingerprint density at radius 2 is 2.11 bits per heavy atom. The predicted molar refractivity (Wildman–Crippen MR) is 69.6 cm³/mol. The van der Waals surface area contributed by atoms with Crippen molar-refractivity contribution < 1.29 is 0 Å². The number of nitrogens with zero attached hydrogens (tertiary/aromatic N) is 4. The molecule has 92 valence electrons. The van der Waals surface area contributed by atoms with Crippen LogP contribution >= 0.6 is 23.2 Å². The molecule has 0 saturated carbocycles. The minimum absolute atomic E-state index is 0.145. The Labute approximate surface area is 112 Å². The first-order valence-electron chi connectivity index (χ1n) is 5.13. The summed E-state index contributed by atoms with van der Waals surface area (Å²) in [6.07, 6.45) is 0. The lowest BCUT2D eigenvalue weighted by Crippen LogP contribution is -2.03. The van der Waals surface area contributed by atoms with Gasteiger partial charge in [0.25, 0.3) is 0 Å². The Hall–Kier alpha value is -1.79. The van der Waals surface area contributed by atoms with E-state index in [1.54, 1.807) is 16.5 Å². The normalized spacial score (nSPS) is 11.1. The van der Waals surface area contributed by atoms with Crippen molar-refractivity contribution in [2.45, 2.75) is 6.92 Å². The Balaban J connectivity index is 2.12. The number of aryl methyl sites for hydroxylation is 1. The molecule has 0 aliphatic rings. The first-order valence-corrected chi connectivity index (χ1v) is 5.88. The summed E-state index contributed by atoms with van der Waals surface area (Å²) in [5, 5.41) is 10.6. The van der Waals surface area contributed by atoms with Crippen molar-refractivity contribution >= 4 is 40.6 Å². The van der Waals surface area contributed by atoms with Crippen molar-refractivity contribution in [3.63, 3.8) is 0 Å². The van der Waals surface area contributed by atoms with E-state index in [1.807, 2.05) is 13.0 Å². The quantitative estimate of drug-likeness (QED) is 0.758. The summed E-state index contributed by atoms with van der Waals surface area (Å²) >= 11 is 11.9. The number of nitrogens with one attached hydrogen (secondary N) is 2. The van der Waals surface area contributed by atoms with Crippen LogP contribution in [0.3, 0.4) is 0 Å². The number of anilines is 2. The van der Waals surface area contributed by atoms with Crippen LogP contribution in [-0.4, -0.2) is 24.6 Å². The van der Waals surface area contributed by atoms with Crippen LogP contribution < -0.4 is 5.32 Å².